The number of hydrogen-bond donors (Lipinski definition) is 1. The zero-order valence-electron chi connectivity index (χ0n) is 19.9. The highest BCUT2D eigenvalue weighted by Crippen LogP contribution is 2.39. The minimum absolute atomic E-state index is 0.183. The van der Waals surface area contributed by atoms with Gasteiger partial charge < -0.3 is 10.1 Å². The van der Waals surface area contributed by atoms with Gasteiger partial charge in [0.15, 0.2) is 5.82 Å². The van der Waals surface area contributed by atoms with Gasteiger partial charge in [0.05, 0.1) is 22.0 Å². The minimum atomic E-state index is -5.05. The van der Waals surface area contributed by atoms with Gasteiger partial charge in [0, 0.05) is 16.6 Å². The van der Waals surface area contributed by atoms with Crippen LogP contribution in [0, 0.1) is 11.6 Å². The molecule has 0 aliphatic heterocycles. The average Bonchev–Trinajstić information content (AvgIpc) is 3.27. The Hall–Kier alpha value is -3.26. The van der Waals surface area contributed by atoms with E-state index < -0.39 is 61.7 Å². The molecule has 14 heteroatoms. The normalized spacial score (nSPS) is 13.2. The number of alkyl halides is 3. The lowest BCUT2D eigenvalue weighted by atomic mass is 10.1. The third-order valence-electron chi connectivity index (χ3n) is 4.82. The molecule has 37 heavy (non-hydrogen) atoms. The maximum absolute atomic E-state index is 14.1. The number of halogens is 5. The first kappa shape index (κ1) is 28.3. The van der Waals surface area contributed by atoms with Crippen molar-refractivity contribution in [3.05, 3.63) is 70.1 Å². The summed E-state index contributed by atoms with van der Waals surface area (Å²) in [7, 11) is -4.92. The molecule has 0 bridgehead atoms. The number of amides is 1. The summed E-state index contributed by atoms with van der Waals surface area (Å²) < 4.78 is 102. The first-order chi connectivity index (χ1) is 17.0. The number of carbonyl (C=O) groups excluding carboxylic acids is 1. The third kappa shape index (κ3) is 6.55. The summed E-state index contributed by atoms with van der Waals surface area (Å²) >= 11 is 0.959. The van der Waals surface area contributed by atoms with Gasteiger partial charge in [-0.1, -0.05) is 0 Å². The number of anilines is 2. The van der Waals surface area contributed by atoms with Crippen LogP contribution in [0.25, 0.3) is 0 Å². The van der Waals surface area contributed by atoms with Crippen molar-refractivity contribution in [2.45, 2.75) is 50.4 Å². The fraction of sp³-hybridized carbons (Fsp3) is 0.304. The van der Waals surface area contributed by atoms with Crippen molar-refractivity contribution in [2.75, 3.05) is 9.62 Å². The monoisotopic (exact) mass is 563 g/mol. The summed E-state index contributed by atoms with van der Waals surface area (Å²) in [6.07, 6.45) is -6.41. The summed E-state index contributed by atoms with van der Waals surface area (Å²) in [6.45, 7) is 5.78. The van der Waals surface area contributed by atoms with Gasteiger partial charge in [-0.2, -0.15) is 13.2 Å². The predicted molar refractivity (Wildman–Crippen MR) is 128 cm³/mol. The fourth-order valence-electron chi connectivity index (χ4n) is 3.23. The number of aromatic nitrogens is 1. The van der Waals surface area contributed by atoms with Crippen molar-refractivity contribution in [2.24, 2.45) is 0 Å². The summed E-state index contributed by atoms with van der Waals surface area (Å²) in [6, 6.07) is 3.45. The lowest BCUT2D eigenvalue weighted by Crippen LogP contribution is -2.41. The molecule has 1 atom stereocenters. The topological polar surface area (TPSA) is 88.6 Å². The Morgan fingerprint density at radius 2 is 1.78 bits per heavy atom. The van der Waals surface area contributed by atoms with Crippen molar-refractivity contribution in [1.29, 1.82) is 0 Å². The Labute approximate surface area is 213 Å². The number of ether oxygens (including phenoxy) is 1. The number of hydrogen-bond acceptors (Lipinski definition) is 7. The average molecular weight is 564 g/mol. The maximum atomic E-state index is 14.1. The van der Waals surface area contributed by atoms with Gasteiger partial charge >= 0.3 is 12.3 Å². The van der Waals surface area contributed by atoms with Crippen LogP contribution in [0.2, 0.25) is 0 Å². The van der Waals surface area contributed by atoms with Crippen LogP contribution in [0.1, 0.15) is 44.9 Å². The van der Waals surface area contributed by atoms with E-state index >= 15 is 0 Å². The number of thiazole rings is 1. The molecule has 3 rings (SSSR count). The summed E-state index contributed by atoms with van der Waals surface area (Å²) in [5.74, 6) is -1.98. The molecule has 2 aromatic carbocycles. The molecular formula is C23H22F5N3O4S2. The van der Waals surface area contributed by atoms with E-state index in [1.807, 2.05) is 0 Å². The van der Waals surface area contributed by atoms with E-state index in [2.05, 4.69) is 10.3 Å². The number of sulfonamides is 1. The van der Waals surface area contributed by atoms with E-state index in [0.717, 1.165) is 41.7 Å². The molecule has 3 aromatic rings. The fourth-order valence-corrected chi connectivity index (χ4v) is 5.11. The van der Waals surface area contributed by atoms with Crippen LogP contribution in [0.5, 0.6) is 0 Å². The van der Waals surface area contributed by atoms with Crippen LogP contribution in [0.3, 0.4) is 0 Å². The van der Waals surface area contributed by atoms with Crippen molar-refractivity contribution in [3.63, 3.8) is 0 Å². The Kier molecular flexibility index (Phi) is 7.84. The van der Waals surface area contributed by atoms with Gasteiger partial charge in [0.1, 0.15) is 17.2 Å². The van der Waals surface area contributed by atoms with Crippen LogP contribution >= 0.6 is 11.3 Å². The van der Waals surface area contributed by atoms with Crippen molar-refractivity contribution >= 4 is 39.0 Å². The smallest absolute Gasteiger partial charge is 0.430 e. The molecule has 0 saturated heterocycles. The highest BCUT2D eigenvalue weighted by molar-refractivity contribution is 7.93. The standard InChI is InChI=1S/C23H22F5N3O4S2/c1-13(16-9-14(24)5-7-18(16)25)30-19-8-6-15(10-17(19)23(26,27)28)37(33,34)31(20-11-36-12-29-20)21(32)35-22(2,3)4/h5-13,30H,1-4H3. The molecule has 1 unspecified atom stereocenters. The summed E-state index contributed by atoms with van der Waals surface area (Å²) in [5, 5.41) is 3.67. The van der Waals surface area contributed by atoms with E-state index in [9.17, 15) is 35.2 Å². The SMILES string of the molecule is CC(Nc1ccc(S(=O)(=O)N(C(=O)OC(C)(C)C)c2cscn2)cc1C(F)(F)F)c1cc(F)ccc1F. The van der Waals surface area contributed by atoms with Gasteiger partial charge in [0.2, 0.25) is 0 Å². The van der Waals surface area contributed by atoms with Crippen molar-refractivity contribution < 1.29 is 39.9 Å². The minimum Gasteiger partial charge on any atom is -0.443 e. The highest BCUT2D eigenvalue weighted by Gasteiger charge is 2.39. The zero-order chi connectivity index (χ0) is 27.8. The molecule has 0 aliphatic rings. The second-order valence-electron chi connectivity index (χ2n) is 8.83. The van der Waals surface area contributed by atoms with Gasteiger partial charge in [-0.3, -0.25) is 0 Å². The number of benzene rings is 2. The summed E-state index contributed by atoms with van der Waals surface area (Å²) in [4.78, 5) is 15.7. The van der Waals surface area contributed by atoms with E-state index in [4.69, 9.17) is 4.74 Å². The maximum Gasteiger partial charge on any atom is 0.430 e. The second kappa shape index (κ2) is 10.2. The zero-order valence-corrected chi connectivity index (χ0v) is 21.6. The van der Waals surface area contributed by atoms with Crippen LogP contribution in [-0.4, -0.2) is 25.1 Å². The first-order valence-electron chi connectivity index (χ1n) is 10.6. The Bertz CT molecular complexity index is 1390. The van der Waals surface area contributed by atoms with E-state index in [-0.39, 0.29) is 15.7 Å². The number of carbonyl (C=O) groups is 1. The Morgan fingerprint density at radius 3 is 2.35 bits per heavy atom. The molecule has 1 amide bonds. The molecule has 1 aromatic heterocycles. The number of rotatable bonds is 6. The van der Waals surface area contributed by atoms with Crippen molar-refractivity contribution in [3.8, 4) is 0 Å². The van der Waals surface area contributed by atoms with Crippen LogP contribution in [0.15, 0.2) is 52.2 Å². The first-order valence-corrected chi connectivity index (χ1v) is 13.0. The lowest BCUT2D eigenvalue weighted by molar-refractivity contribution is -0.137. The van der Waals surface area contributed by atoms with E-state index in [0.29, 0.717) is 6.07 Å². The Morgan fingerprint density at radius 1 is 1.11 bits per heavy atom. The molecule has 0 aliphatic carbocycles. The van der Waals surface area contributed by atoms with Crippen LogP contribution in [-0.2, 0) is 20.9 Å². The van der Waals surface area contributed by atoms with Gasteiger partial charge in [0.25, 0.3) is 10.0 Å². The molecule has 0 fully saturated rings. The molecule has 1 heterocycles. The summed E-state index contributed by atoms with van der Waals surface area (Å²) in [5.41, 5.74) is -2.10. The number of nitrogens with one attached hydrogen (secondary N) is 1. The lowest BCUT2D eigenvalue weighted by Gasteiger charge is -2.26. The predicted octanol–water partition coefficient (Wildman–Crippen LogP) is 6.74. The molecule has 0 saturated carbocycles. The van der Waals surface area contributed by atoms with Gasteiger partial charge in [-0.25, -0.2) is 27.0 Å². The van der Waals surface area contributed by atoms with Crippen molar-refractivity contribution in [1.82, 2.24) is 4.98 Å². The molecule has 1 N–H and O–H groups in total. The van der Waals surface area contributed by atoms with Crippen LogP contribution in [0.4, 0.5) is 38.3 Å². The second-order valence-corrected chi connectivity index (χ2v) is 11.3. The molecule has 0 spiro atoms. The molecule has 200 valence electrons. The van der Waals surface area contributed by atoms with Crippen LogP contribution < -0.4 is 9.62 Å². The molecular weight excluding hydrogens is 541 g/mol. The van der Waals surface area contributed by atoms with E-state index in [1.165, 1.54) is 38.6 Å². The third-order valence-corrected chi connectivity index (χ3v) is 7.06. The highest BCUT2D eigenvalue weighted by atomic mass is 32.2. The molecule has 7 nitrogen and oxygen atoms in total. The van der Waals surface area contributed by atoms with Gasteiger partial charge in [-0.05, 0) is 64.1 Å². The quantitative estimate of drug-likeness (QED) is 0.334. The Balaban J connectivity index is 2.07. The van der Waals surface area contributed by atoms with Gasteiger partial charge in [-0.15, -0.1) is 15.6 Å². The molecule has 0 radical (unpaired) electrons. The largest absolute Gasteiger partial charge is 0.443 e. The number of nitrogens with zero attached hydrogens (tertiary/aromatic N) is 2. The van der Waals surface area contributed by atoms with E-state index in [1.54, 1.807) is 0 Å².